The molecule has 1 N–H and O–H groups in total. The van der Waals surface area contributed by atoms with Gasteiger partial charge < -0.3 is 19.4 Å². The summed E-state index contributed by atoms with van der Waals surface area (Å²) >= 11 is 0. The van der Waals surface area contributed by atoms with Crippen LogP contribution in [0.2, 0.25) is 0 Å². The number of hydrogen-bond donors (Lipinski definition) is 1. The van der Waals surface area contributed by atoms with Crippen LogP contribution < -0.4 is 5.32 Å². The van der Waals surface area contributed by atoms with Crippen LogP contribution in [-0.2, 0) is 11.3 Å². The number of methoxy groups -OCH3 is 1. The molecule has 1 atom stereocenters. The minimum atomic E-state index is -0.343. The summed E-state index contributed by atoms with van der Waals surface area (Å²) in [6.45, 7) is 9.27. The molecule has 0 radical (unpaired) electrons. The van der Waals surface area contributed by atoms with E-state index in [9.17, 15) is 4.79 Å². The number of nitrogens with one attached hydrogen (secondary N) is 1. The second kappa shape index (κ2) is 7.61. The molecule has 0 saturated carbocycles. The van der Waals surface area contributed by atoms with Gasteiger partial charge in [0.2, 0.25) is 0 Å². The molecule has 0 amide bonds. The predicted octanol–water partition coefficient (Wildman–Crippen LogP) is 2.20. The lowest BCUT2D eigenvalue weighted by atomic mass is 10.1. The fourth-order valence-corrected chi connectivity index (χ4v) is 2.86. The molecular formula is C16H26N2O3. The summed E-state index contributed by atoms with van der Waals surface area (Å²) < 4.78 is 10.3. The average molecular weight is 294 g/mol. The topological polar surface area (TPSA) is 54.7 Å². The first-order valence-electron chi connectivity index (χ1n) is 7.71. The van der Waals surface area contributed by atoms with Crippen LogP contribution in [0.3, 0.4) is 0 Å². The van der Waals surface area contributed by atoms with Gasteiger partial charge in [-0.1, -0.05) is 6.92 Å². The van der Waals surface area contributed by atoms with Gasteiger partial charge in [0.1, 0.15) is 17.1 Å². The number of carbonyl (C=O) groups is 1. The number of ether oxygens (including phenoxy) is 1. The van der Waals surface area contributed by atoms with Gasteiger partial charge in [-0.25, -0.2) is 4.79 Å². The maximum absolute atomic E-state index is 11.5. The van der Waals surface area contributed by atoms with E-state index in [1.165, 1.54) is 33.0 Å². The monoisotopic (exact) mass is 294 g/mol. The molecule has 2 rings (SSSR count). The van der Waals surface area contributed by atoms with E-state index in [2.05, 4.69) is 17.1 Å². The van der Waals surface area contributed by atoms with Crippen LogP contribution >= 0.6 is 0 Å². The Morgan fingerprint density at radius 2 is 2.19 bits per heavy atom. The summed E-state index contributed by atoms with van der Waals surface area (Å²) in [7, 11) is 1.38. The molecule has 0 bridgehead atoms. The largest absolute Gasteiger partial charge is 0.465 e. The minimum absolute atomic E-state index is 0.343. The van der Waals surface area contributed by atoms with Crippen LogP contribution in [0, 0.1) is 12.8 Å². The lowest BCUT2D eigenvalue weighted by Gasteiger charge is -2.20. The van der Waals surface area contributed by atoms with Crippen molar-refractivity contribution in [1.82, 2.24) is 10.2 Å². The van der Waals surface area contributed by atoms with Crippen molar-refractivity contribution >= 4 is 5.97 Å². The Balaban J connectivity index is 1.74. The minimum Gasteiger partial charge on any atom is -0.465 e. The molecule has 1 aliphatic rings. The van der Waals surface area contributed by atoms with Crippen molar-refractivity contribution in [3.05, 3.63) is 23.2 Å². The molecule has 1 aromatic heterocycles. The Morgan fingerprint density at radius 1 is 1.48 bits per heavy atom. The summed E-state index contributed by atoms with van der Waals surface area (Å²) in [5, 5.41) is 3.40. The summed E-state index contributed by atoms with van der Waals surface area (Å²) in [6.07, 6.45) is 2.67. The van der Waals surface area contributed by atoms with Crippen LogP contribution in [0.4, 0.5) is 0 Å². The third kappa shape index (κ3) is 4.58. The molecule has 118 valence electrons. The van der Waals surface area contributed by atoms with Gasteiger partial charge in [-0.3, -0.25) is 0 Å². The van der Waals surface area contributed by atoms with E-state index in [-0.39, 0.29) is 5.97 Å². The van der Waals surface area contributed by atoms with Gasteiger partial charge in [-0.2, -0.15) is 0 Å². The Bertz CT molecular complexity index is 464. The van der Waals surface area contributed by atoms with Crippen LogP contribution in [0.25, 0.3) is 0 Å². The van der Waals surface area contributed by atoms with Crippen molar-refractivity contribution in [2.45, 2.75) is 33.2 Å². The Kier molecular flexibility index (Phi) is 5.82. The van der Waals surface area contributed by atoms with Gasteiger partial charge >= 0.3 is 5.97 Å². The maximum atomic E-state index is 11.5. The van der Waals surface area contributed by atoms with Crippen molar-refractivity contribution in [2.24, 2.45) is 5.92 Å². The van der Waals surface area contributed by atoms with E-state index in [1.54, 1.807) is 13.0 Å². The second-order valence-corrected chi connectivity index (χ2v) is 5.92. The number of rotatable bonds is 7. The zero-order chi connectivity index (χ0) is 15.2. The smallest absolute Gasteiger partial charge is 0.341 e. The number of hydrogen-bond acceptors (Lipinski definition) is 5. The van der Waals surface area contributed by atoms with Gasteiger partial charge in [0, 0.05) is 6.54 Å². The quantitative estimate of drug-likeness (QED) is 0.781. The molecule has 5 nitrogen and oxygen atoms in total. The normalized spacial score (nSPS) is 17.1. The molecule has 1 saturated heterocycles. The molecule has 0 spiro atoms. The van der Waals surface area contributed by atoms with E-state index < -0.39 is 0 Å². The first-order chi connectivity index (χ1) is 10.1. The SMILES string of the molecule is COC(=O)c1cc(CNCC(C)CN2CCCC2)oc1C. The molecule has 0 aliphatic carbocycles. The third-order valence-electron chi connectivity index (χ3n) is 3.93. The van der Waals surface area contributed by atoms with E-state index >= 15 is 0 Å². The summed E-state index contributed by atoms with van der Waals surface area (Å²) in [5.74, 6) is 1.66. The molecule has 2 heterocycles. The van der Waals surface area contributed by atoms with E-state index in [0.29, 0.717) is 23.8 Å². The Hall–Kier alpha value is -1.33. The van der Waals surface area contributed by atoms with Crippen molar-refractivity contribution < 1.29 is 13.9 Å². The van der Waals surface area contributed by atoms with Crippen LogP contribution in [-0.4, -0.2) is 44.2 Å². The summed E-state index contributed by atoms with van der Waals surface area (Å²) in [4.78, 5) is 14.0. The molecule has 0 aromatic carbocycles. The lowest BCUT2D eigenvalue weighted by molar-refractivity contribution is 0.0599. The zero-order valence-corrected chi connectivity index (χ0v) is 13.3. The number of aryl methyl sites for hydroxylation is 1. The van der Waals surface area contributed by atoms with Gasteiger partial charge in [-0.15, -0.1) is 0 Å². The number of nitrogens with zero attached hydrogens (tertiary/aromatic N) is 1. The molecule has 1 aromatic rings. The molecule has 1 unspecified atom stereocenters. The van der Waals surface area contributed by atoms with Crippen molar-refractivity contribution in [1.29, 1.82) is 0 Å². The average Bonchev–Trinajstić information content (AvgIpc) is 3.08. The second-order valence-electron chi connectivity index (χ2n) is 5.92. The predicted molar refractivity (Wildman–Crippen MR) is 81.3 cm³/mol. The Labute approximate surface area is 126 Å². The number of likely N-dealkylation sites (tertiary alicyclic amines) is 1. The van der Waals surface area contributed by atoms with Crippen LogP contribution in [0.15, 0.2) is 10.5 Å². The molecule has 21 heavy (non-hydrogen) atoms. The van der Waals surface area contributed by atoms with Crippen molar-refractivity contribution in [3.8, 4) is 0 Å². The van der Waals surface area contributed by atoms with Crippen molar-refractivity contribution in [2.75, 3.05) is 33.3 Å². The fraction of sp³-hybridized carbons (Fsp3) is 0.688. The van der Waals surface area contributed by atoms with Crippen LogP contribution in [0.5, 0.6) is 0 Å². The Morgan fingerprint density at radius 3 is 2.86 bits per heavy atom. The van der Waals surface area contributed by atoms with E-state index in [1.807, 2.05) is 0 Å². The molecule has 1 aliphatic heterocycles. The summed E-state index contributed by atoms with van der Waals surface area (Å²) in [6, 6.07) is 1.76. The number of esters is 1. The number of carbonyl (C=O) groups excluding carboxylic acids is 1. The highest BCUT2D eigenvalue weighted by molar-refractivity contribution is 5.90. The standard InChI is InChI=1S/C16H26N2O3/c1-12(11-18-6-4-5-7-18)9-17-10-14-8-15(13(2)21-14)16(19)20-3/h8,12,17H,4-7,9-11H2,1-3H3. The highest BCUT2D eigenvalue weighted by Crippen LogP contribution is 2.15. The fourth-order valence-electron chi connectivity index (χ4n) is 2.86. The third-order valence-corrected chi connectivity index (χ3v) is 3.93. The first-order valence-corrected chi connectivity index (χ1v) is 7.71. The van der Waals surface area contributed by atoms with E-state index in [4.69, 9.17) is 9.15 Å². The maximum Gasteiger partial charge on any atom is 0.341 e. The van der Waals surface area contributed by atoms with E-state index in [0.717, 1.165) is 18.8 Å². The molecule has 5 heteroatoms. The molecular weight excluding hydrogens is 268 g/mol. The highest BCUT2D eigenvalue weighted by atomic mass is 16.5. The highest BCUT2D eigenvalue weighted by Gasteiger charge is 2.16. The van der Waals surface area contributed by atoms with Gasteiger partial charge in [0.05, 0.1) is 13.7 Å². The number of furan rings is 1. The van der Waals surface area contributed by atoms with Crippen LogP contribution in [0.1, 0.15) is 41.6 Å². The van der Waals surface area contributed by atoms with Gasteiger partial charge in [0.25, 0.3) is 0 Å². The zero-order valence-electron chi connectivity index (χ0n) is 13.3. The van der Waals surface area contributed by atoms with Crippen molar-refractivity contribution in [3.63, 3.8) is 0 Å². The lowest BCUT2D eigenvalue weighted by Crippen LogP contribution is -2.31. The molecule has 1 fully saturated rings. The van der Waals surface area contributed by atoms with Gasteiger partial charge in [-0.05, 0) is 51.4 Å². The summed E-state index contributed by atoms with van der Waals surface area (Å²) in [5.41, 5.74) is 0.513. The van der Waals surface area contributed by atoms with Gasteiger partial charge in [0.15, 0.2) is 0 Å². The first kappa shape index (κ1) is 16.0.